The van der Waals surface area contributed by atoms with Crippen molar-refractivity contribution in [1.82, 2.24) is 10.2 Å². The van der Waals surface area contributed by atoms with Gasteiger partial charge >= 0.3 is 0 Å². The topological polar surface area (TPSA) is 97.0 Å². The second kappa shape index (κ2) is 11.3. The minimum atomic E-state index is -3.82. The Morgan fingerprint density at radius 3 is 2.38 bits per heavy atom. The molecular weight excluding hydrogens is 461 g/mol. The van der Waals surface area contributed by atoms with Gasteiger partial charge in [0.15, 0.2) is 0 Å². The molecule has 0 aromatic heterocycles. The number of morpholine rings is 1. The van der Waals surface area contributed by atoms with Gasteiger partial charge in [0.25, 0.3) is 10.0 Å². The monoisotopic (exact) mass is 491 g/mol. The Bertz CT molecular complexity index is 1050. The van der Waals surface area contributed by atoms with Gasteiger partial charge in [-0.2, -0.15) is 0 Å². The summed E-state index contributed by atoms with van der Waals surface area (Å²) >= 11 is 0. The lowest BCUT2D eigenvalue weighted by Gasteiger charge is -2.37. The quantitative estimate of drug-likeness (QED) is 0.557. The molecular formula is C24H30FN3O5S. The van der Waals surface area contributed by atoms with Crippen LogP contribution >= 0.6 is 0 Å². The lowest BCUT2D eigenvalue weighted by Crippen LogP contribution is -2.52. The standard InChI is InChI=1S/C24H30FN3O5S/c25-20-3-7-22(8-4-20)34(30,31)27-21-5-1-18(2-6-21)15-24(29)26-16-23(19-9-12-33-17-19)28-10-13-32-14-11-28/h1-8,19,23,27H,9-17H2,(H,26,29). The largest absolute Gasteiger partial charge is 0.381 e. The first kappa shape index (κ1) is 24.6. The van der Waals surface area contributed by atoms with E-state index in [4.69, 9.17) is 9.47 Å². The first-order valence-corrected chi connectivity index (χ1v) is 12.9. The summed E-state index contributed by atoms with van der Waals surface area (Å²) in [5.74, 6) is -0.196. The van der Waals surface area contributed by atoms with Gasteiger partial charge in [-0.05, 0) is 48.4 Å². The van der Waals surface area contributed by atoms with Crippen LogP contribution in [-0.4, -0.2) is 71.3 Å². The van der Waals surface area contributed by atoms with Crippen LogP contribution in [0.25, 0.3) is 0 Å². The number of ether oxygens (including phenoxy) is 2. The van der Waals surface area contributed by atoms with E-state index >= 15 is 0 Å². The van der Waals surface area contributed by atoms with Crippen molar-refractivity contribution in [2.45, 2.75) is 23.8 Å². The first-order chi connectivity index (χ1) is 16.4. The Morgan fingerprint density at radius 1 is 1.03 bits per heavy atom. The highest BCUT2D eigenvalue weighted by molar-refractivity contribution is 7.92. The average Bonchev–Trinajstić information content (AvgIpc) is 3.36. The second-order valence-corrected chi connectivity index (χ2v) is 10.3. The third-order valence-corrected chi connectivity index (χ3v) is 7.62. The summed E-state index contributed by atoms with van der Waals surface area (Å²) in [6.07, 6.45) is 1.19. The van der Waals surface area contributed by atoms with E-state index in [0.717, 1.165) is 43.8 Å². The van der Waals surface area contributed by atoms with E-state index in [1.54, 1.807) is 24.3 Å². The molecule has 2 aliphatic heterocycles. The van der Waals surface area contributed by atoms with E-state index in [1.807, 2.05) is 0 Å². The maximum Gasteiger partial charge on any atom is 0.261 e. The molecule has 2 unspecified atom stereocenters. The van der Waals surface area contributed by atoms with Crippen LogP contribution in [0.1, 0.15) is 12.0 Å². The van der Waals surface area contributed by atoms with Crippen LogP contribution in [0.2, 0.25) is 0 Å². The Hall–Kier alpha value is -2.53. The van der Waals surface area contributed by atoms with Crippen LogP contribution in [0.3, 0.4) is 0 Å². The van der Waals surface area contributed by atoms with Gasteiger partial charge in [-0.25, -0.2) is 12.8 Å². The molecule has 2 aromatic carbocycles. The normalized spacial score (nSPS) is 20.1. The molecule has 2 N–H and O–H groups in total. The van der Waals surface area contributed by atoms with Crippen molar-refractivity contribution < 1.29 is 27.1 Å². The van der Waals surface area contributed by atoms with Gasteiger partial charge in [0.2, 0.25) is 5.91 Å². The summed E-state index contributed by atoms with van der Waals surface area (Å²) in [5, 5.41) is 3.07. The molecule has 34 heavy (non-hydrogen) atoms. The number of nitrogens with zero attached hydrogens (tertiary/aromatic N) is 1. The van der Waals surface area contributed by atoms with E-state index in [-0.39, 0.29) is 23.3 Å². The highest BCUT2D eigenvalue weighted by Gasteiger charge is 2.31. The Labute approximate surface area is 199 Å². The van der Waals surface area contributed by atoms with Gasteiger partial charge in [-0.15, -0.1) is 0 Å². The second-order valence-electron chi connectivity index (χ2n) is 8.58. The Balaban J connectivity index is 1.31. The highest BCUT2D eigenvalue weighted by atomic mass is 32.2. The number of benzene rings is 2. The van der Waals surface area contributed by atoms with E-state index in [0.29, 0.717) is 38.0 Å². The number of hydrogen-bond donors (Lipinski definition) is 2. The lowest BCUT2D eigenvalue weighted by molar-refractivity contribution is -0.120. The number of hydrogen-bond acceptors (Lipinski definition) is 6. The minimum absolute atomic E-state index is 0.0279. The van der Waals surface area contributed by atoms with Crippen LogP contribution in [0.4, 0.5) is 10.1 Å². The van der Waals surface area contributed by atoms with Gasteiger partial charge in [0.1, 0.15) is 5.82 Å². The average molecular weight is 492 g/mol. The zero-order chi connectivity index (χ0) is 24.0. The molecule has 2 saturated heterocycles. The third-order valence-electron chi connectivity index (χ3n) is 6.23. The summed E-state index contributed by atoms with van der Waals surface area (Å²) in [6.45, 7) is 5.15. The number of sulfonamides is 1. The van der Waals surface area contributed by atoms with E-state index in [2.05, 4.69) is 14.9 Å². The van der Waals surface area contributed by atoms with Crippen molar-refractivity contribution in [2.24, 2.45) is 5.92 Å². The molecule has 2 heterocycles. The number of nitrogens with one attached hydrogen (secondary N) is 2. The molecule has 2 aliphatic rings. The summed E-state index contributed by atoms with van der Waals surface area (Å²) in [6, 6.07) is 11.5. The van der Waals surface area contributed by atoms with Crippen molar-refractivity contribution in [2.75, 3.05) is 50.8 Å². The molecule has 2 fully saturated rings. The zero-order valence-electron chi connectivity index (χ0n) is 18.9. The predicted molar refractivity (Wildman–Crippen MR) is 125 cm³/mol. The van der Waals surface area contributed by atoms with Gasteiger partial charge < -0.3 is 14.8 Å². The molecule has 0 spiro atoms. The predicted octanol–water partition coefficient (Wildman–Crippen LogP) is 2.02. The van der Waals surface area contributed by atoms with Crippen molar-refractivity contribution >= 4 is 21.6 Å². The minimum Gasteiger partial charge on any atom is -0.381 e. The van der Waals surface area contributed by atoms with Crippen molar-refractivity contribution in [3.63, 3.8) is 0 Å². The molecule has 8 nitrogen and oxygen atoms in total. The molecule has 10 heteroatoms. The van der Waals surface area contributed by atoms with Crippen LogP contribution in [0.5, 0.6) is 0 Å². The van der Waals surface area contributed by atoms with E-state index in [9.17, 15) is 17.6 Å². The number of anilines is 1. The van der Waals surface area contributed by atoms with Crippen LogP contribution in [0.15, 0.2) is 53.4 Å². The lowest BCUT2D eigenvalue weighted by atomic mass is 9.96. The first-order valence-electron chi connectivity index (χ1n) is 11.4. The molecule has 4 rings (SSSR count). The molecule has 0 aliphatic carbocycles. The maximum atomic E-state index is 13.1. The van der Waals surface area contributed by atoms with Gasteiger partial charge in [-0.3, -0.25) is 14.4 Å². The molecule has 2 atom stereocenters. The summed E-state index contributed by atoms with van der Waals surface area (Å²) in [4.78, 5) is 15.0. The van der Waals surface area contributed by atoms with Crippen LogP contribution < -0.4 is 10.0 Å². The number of rotatable bonds is 9. The number of halogens is 1. The molecule has 184 valence electrons. The summed E-state index contributed by atoms with van der Waals surface area (Å²) in [7, 11) is -3.82. The smallest absolute Gasteiger partial charge is 0.261 e. The third kappa shape index (κ3) is 6.53. The van der Waals surface area contributed by atoms with Gasteiger partial charge in [-0.1, -0.05) is 12.1 Å². The van der Waals surface area contributed by atoms with Crippen LogP contribution in [-0.2, 0) is 30.7 Å². The number of carbonyl (C=O) groups excluding carboxylic acids is 1. The van der Waals surface area contributed by atoms with Crippen molar-refractivity contribution in [3.05, 3.63) is 59.9 Å². The molecule has 0 radical (unpaired) electrons. The van der Waals surface area contributed by atoms with E-state index in [1.165, 1.54) is 12.1 Å². The highest BCUT2D eigenvalue weighted by Crippen LogP contribution is 2.22. The number of carbonyl (C=O) groups is 1. The Morgan fingerprint density at radius 2 is 1.74 bits per heavy atom. The zero-order valence-corrected chi connectivity index (χ0v) is 19.7. The maximum absolute atomic E-state index is 13.1. The molecule has 1 amide bonds. The molecule has 2 aromatic rings. The molecule has 0 bridgehead atoms. The van der Waals surface area contributed by atoms with Gasteiger partial charge in [0.05, 0.1) is 31.1 Å². The SMILES string of the molecule is O=C(Cc1ccc(NS(=O)(=O)c2ccc(F)cc2)cc1)NCC(C1CCOC1)N1CCOCC1. The van der Waals surface area contributed by atoms with Crippen molar-refractivity contribution in [1.29, 1.82) is 0 Å². The number of amides is 1. The fourth-order valence-corrected chi connectivity index (χ4v) is 5.40. The summed E-state index contributed by atoms with van der Waals surface area (Å²) in [5.41, 5.74) is 1.14. The van der Waals surface area contributed by atoms with Crippen molar-refractivity contribution in [3.8, 4) is 0 Å². The van der Waals surface area contributed by atoms with Gasteiger partial charge in [0, 0.05) is 43.9 Å². The summed E-state index contributed by atoms with van der Waals surface area (Å²) < 4.78 is 51.5. The fraction of sp³-hybridized carbons (Fsp3) is 0.458. The Kier molecular flexibility index (Phi) is 8.15. The van der Waals surface area contributed by atoms with Crippen LogP contribution in [0, 0.1) is 11.7 Å². The fourth-order valence-electron chi connectivity index (χ4n) is 4.34. The molecule has 0 saturated carbocycles. The van der Waals surface area contributed by atoms with E-state index < -0.39 is 15.8 Å².